The number of benzene rings is 2. The SMILES string of the molecule is C=Cc1ccc(COC(=P)c2ccc(C)cc2)cc1. The van der Waals surface area contributed by atoms with Crippen LogP contribution >= 0.6 is 8.86 Å². The minimum atomic E-state index is 0.546. The van der Waals surface area contributed by atoms with Crippen LogP contribution in [0.4, 0.5) is 0 Å². The molecule has 2 aromatic carbocycles. The normalized spacial score (nSPS) is 10.2. The van der Waals surface area contributed by atoms with Gasteiger partial charge in [0.1, 0.15) is 5.48 Å². The number of hydrogen-bond acceptors (Lipinski definition) is 1. The third-order valence-electron chi connectivity index (χ3n) is 2.91. The Morgan fingerprint density at radius 1 is 1.11 bits per heavy atom. The number of hydrogen-bond donors (Lipinski definition) is 0. The largest absolute Gasteiger partial charge is 0.337 e. The molecule has 0 fully saturated rings. The summed E-state index contributed by atoms with van der Waals surface area (Å²) in [6.45, 7) is 6.35. The Hall–Kier alpha value is -1.69. The summed E-state index contributed by atoms with van der Waals surface area (Å²) in [5, 5.41) is 0. The molecule has 0 aliphatic heterocycles. The molecule has 0 aromatic heterocycles. The van der Waals surface area contributed by atoms with Gasteiger partial charge in [-0.25, -0.2) is 0 Å². The maximum Gasteiger partial charge on any atom is 0.102 e. The van der Waals surface area contributed by atoms with Gasteiger partial charge in [-0.1, -0.05) is 75.6 Å². The predicted octanol–water partition coefficient (Wildman–Crippen LogP) is 4.48. The maximum atomic E-state index is 5.73. The van der Waals surface area contributed by atoms with Crippen molar-refractivity contribution in [1.82, 2.24) is 0 Å². The first-order valence-electron chi connectivity index (χ1n) is 6.19. The summed E-state index contributed by atoms with van der Waals surface area (Å²) >= 11 is 0. The van der Waals surface area contributed by atoms with Gasteiger partial charge in [-0.05, 0) is 18.1 Å². The smallest absolute Gasteiger partial charge is 0.102 e. The third kappa shape index (κ3) is 3.89. The van der Waals surface area contributed by atoms with Crippen molar-refractivity contribution in [1.29, 1.82) is 0 Å². The molecule has 0 N–H and O–H groups in total. The molecular formula is C17H17OP. The van der Waals surface area contributed by atoms with Gasteiger partial charge < -0.3 is 4.74 Å². The van der Waals surface area contributed by atoms with E-state index in [0.29, 0.717) is 6.61 Å². The van der Waals surface area contributed by atoms with Gasteiger partial charge in [0.2, 0.25) is 0 Å². The summed E-state index contributed by atoms with van der Waals surface area (Å²) < 4.78 is 5.73. The van der Waals surface area contributed by atoms with Crippen LogP contribution in [0.5, 0.6) is 0 Å². The van der Waals surface area contributed by atoms with Gasteiger partial charge in [-0.15, -0.1) is 0 Å². The molecule has 0 aliphatic rings. The Kier molecular flexibility index (Phi) is 4.68. The molecule has 96 valence electrons. The van der Waals surface area contributed by atoms with Gasteiger partial charge in [0.25, 0.3) is 0 Å². The minimum Gasteiger partial charge on any atom is -0.337 e. The molecule has 0 atom stereocenters. The van der Waals surface area contributed by atoms with Crippen LogP contribution in [0.3, 0.4) is 0 Å². The number of rotatable bonds is 5. The van der Waals surface area contributed by atoms with E-state index in [4.69, 9.17) is 4.74 Å². The lowest BCUT2D eigenvalue weighted by Gasteiger charge is -2.07. The van der Waals surface area contributed by atoms with E-state index in [1.165, 1.54) is 5.56 Å². The van der Waals surface area contributed by atoms with Gasteiger partial charge in [-0.3, -0.25) is 0 Å². The highest BCUT2D eigenvalue weighted by atomic mass is 31.0. The van der Waals surface area contributed by atoms with Crippen molar-refractivity contribution in [3.63, 3.8) is 0 Å². The highest BCUT2D eigenvalue weighted by Crippen LogP contribution is 2.11. The highest BCUT2D eigenvalue weighted by molar-refractivity contribution is 7.21. The summed E-state index contributed by atoms with van der Waals surface area (Å²) in [7, 11) is 3.53. The molecular weight excluding hydrogens is 251 g/mol. The molecule has 0 saturated heterocycles. The van der Waals surface area contributed by atoms with Crippen LogP contribution < -0.4 is 0 Å². The molecule has 2 rings (SSSR count). The number of aryl methyl sites for hydroxylation is 1. The average molecular weight is 268 g/mol. The van der Waals surface area contributed by atoms with Crippen LogP contribution in [0, 0.1) is 6.92 Å². The van der Waals surface area contributed by atoms with Crippen molar-refractivity contribution in [3.05, 3.63) is 77.4 Å². The van der Waals surface area contributed by atoms with Crippen LogP contribution in [0.15, 0.2) is 55.1 Å². The van der Waals surface area contributed by atoms with Crippen molar-refractivity contribution in [3.8, 4) is 0 Å². The van der Waals surface area contributed by atoms with E-state index in [2.05, 4.69) is 34.5 Å². The monoisotopic (exact) mass is 268 g/mol. The van der Waals surface area contributed by atoms with E-state index in [1.54, 1.807) is 0 Å². The van der Waals surface area contributed by atoms with Gasteiger partial charge in [0.15, 0.2) is 0 Å². The zero-order chi connectivity index (χ0) is 13.7. The zero-order valence-electron chi connectivity index (χ0n) is 11.0. The van der Waals surface area contributed by atoms with E-state index in [9.17, 15) is 0 Å². The van der Waals surface area contributed by atoms with E-state index >= 15 is 0 Å². The first-order chi connectivity index (χ1) is 9.19. The fourth-order valence-electron chi connectivity index (χ4n) is 1.69. The molecule has 2 aromatic rings. The zero-order valence-corrected chi connectivity index (χ0v) is 12.0. The summed E-state index contributed by atoms with van der Waals surface area (Å²) in [6, 6.07) is 16.4. The quantitative estimate of drug-likeness (QED) is 0.727. The van der Waals surface area contributed by atoms with Crippen molar-refractivity contribution in [2.75, 3.05) is 0 Å². The van der Waals surface area contributed by atoms with E-state index in [1.807, 2.05) is 42.5 Å². The Balaban J connectivity index is 1.96. The summed E-state index contributed by atoms with van der Waals surface area (Å²) in [6.07, 6.45) is 1.83. The molecule has 1 nitrogen and oxygen atoms in total. The Labute approximate surface area is 116 Å². The molecule has 0 amide bonds. The molecule has 0 radical (unpaired) electrons. The van der Waals surface area contributed by atoms with E-state index in [0.717, 1.165) is 22.2 Å². The highest BCUT2D eigenvalue weighted by Gasteiger charge is 2.01. The first-order valence-corrected chi connectivity index (χ1v) is 6.69. The third-order valence-corrected chi connectivity index (χ3v) is 3.35. The average Bonchev–Trinajstić information content (AvgIpc) is 2.46. The second-order valence-corrected chi connectivity index (χ2v) is 4.88. The topological polar surface area (TPSA) is 9.23 Å². The van der Waals surface area contributed by atoms with Gasteiger partial charge in [0, 0.05) is 5.56 Å². The van der Waals surface area contributed by atoms with Gasteiger partial charge in [0.05, 0.1) is 6.61 Å². The van der Waals surface area contributed by atoms with Gasteiger partial charge in [-0.2, -0.15) is 0 Å². The molecule has 0 aliphatic carbocycles. The lowest BCUT2D eigenvalue weighted by atomic mass is 10.1. The molecule has 0 bridgehead atoms. The first kappa shape index (κ1) is 13.7. The molecule has 0 unspecified atom stereocenters. The fourth-order valence-corrected chi connectivity index (χ4v) is 1.93. The summed E-state index contributed by atoms with van der Waals surface area (Å²) in [5.74, 6) is 0. The van der Waals surface area contributed by atoms with Crippen LogP contribution in [-0.4, -0.2) is 5.48 Å². The van der Waals surface area contributed by atoms with Gasteiger partial charge >= 0.3 is 0 Å². The maximum absolute atomic E-state index is 5.73. The van der Waals surface area contributed by atoms with Crippen molar-refractivity contribution < 1.29 is 4.74 Å². The van der Waals surface area contributed by atoms with E-state index in [-0.39, 0.29) is 0 Å². The lowest BCUT2D eigenvalue weighted by molar-refractivity contribution is 0.302. The summed E-state index contributed by atoms with van der Waals surface area (Å²) in [5.41, 5.74) is 5.29. The van der Waals surface area contributed by atoms with Crippen LogP contribution in [0.25, 0.3) is 6.08 Å². The number of ether oxygens (including phenoxy) is 1. The van der Waals surface area contributed by atoms with Crippen LogP contribution in [0.1, 0.15) is 22.3 Å². The molecule has 2 heteroatoms. The fraction of sp³-hybridized carbons (Fsp3) is 0.118. The van der Waals surface area contributed by atoms with Crippen molar-refractivity contribution in [2.24, 2.45) is 0 Å². The molecule has 0 heterocycles. The van der Waals surface area contributed by atoms with E-state index < -0.39 is 0 Å². The Bertz CT molecular complexity index is 567. The second kappa shape index (κ2) is 6.47. The van der Waals surface area contributed by atoms with Crippen molar-refractivity contribution >= 4 is 20.4 Å². The molecule has 0 spiro atoms. The lowest BCUT2D eigenvalue weighted by Crippen LogP contribution is -2.03. The van der Waals surface area contributed by atoms with Crippen molar-refractivity contribution in [2.45, 2.75) is 13.5 Å². The molecule has 0 saturated carbocycles. The minimum absolute atomic E-state index is 0.546. The Morgan fingerprint density at radius 3 is 2.32 bits per heavy atom. The summed E-state index contributed by atoms with van der Waals surface area (Å²) in [4.78, 5) is 0. The van der Waals surface area contributed by atoms with Crippen LogP contribution in [0.2, 0.25) is 0 Å². The van der Waals surface area contributed by atoms with Crippen LogP contribution in [-0.2, 0) is 11.3 Å². The Morgan fingerprint density at radius 2 is 1.74 bits per heavy atom. The second-order valence-electron chi connectivity index (χ2n) is 4.43. The molecule has 19 heavy (non-hydrogen) atoms. The standard InChI is InChI=1S/C17H17OP/c1-3-14-6-8-15(9-7-14)12-18-17(19)16-10-4-13(2)5-11-16/h3-11,19H,1,12H2,2H3. The predicted molar refractivity (Wildman–Crippen MR) is 84.9 cm³/mol.